The Kier molecular flexibility index (Phi) is 7.05. The van der Waals surface area contributed by atoms with Crippen LogP contribution in [-0.4, -0.2) is 26.0 Å². The van der Waals surface area contributed by atoms with Gasteiger partial charge in [0, 0.05) is 16.8 Å². The van der Waals surface area contributed by atoms with E-state index in [0.29, 0.717) is 28.3 Å². The third kappa shape index (κ3) is 4.50. The number of halogens is 2. The second-order valence-corrected chi connectivity index (χ2v) is 7.71. The lowest BCUT2D eigenvalue weighted by molar-refractivity contribution is -0.119. The Morgan fingerprint density at radius 3 is 2.35 bits per heavy atom. The zero-order valence-electron chi connectivity index (χ0n) is 19.0. The second kappa shape index (κ2) is 9.78. The van der Waals surface area contributed by atoms with Crippen LogP contribution in [0.4, 0.5) is 14.5 Å². The molecule has 1 aliphatic carbocycles. The minimum Gasteiger partial charge on any atom is -0.493 e. The highest BCUT2D eigenvalue weighted by Crippen LogP contribution is 2.56. The number of carbonyl (C=O) groups excluding carboxylic acids is 1. The van der Waals surface area contributed by atoms with E-state index in [1.807, 2.05) is 6.07 Å². The minimum atomic E-state index is -1.35. The van der Waals surface area contributed by atoms with Crippen LogP contribution >= 0.6 is 0 Å². The predicted octanol–water partition coefficient (Wildman–Crippen LogP) is 4.56. The maximum atomic E-state index is 14.3. The molecule has 0 saturated heterocycles. The van der Waals surface area contributed by atoms with Gasteiger partial charge in [0.1, 0.15) is 11.7 Å². The molecular formula is C25H26F2N4O3. The summed E-state index contributed by atoms with van der Waals surface area (Å²) in [5, 5.41) is 6.30. The first-order chi connectivity index (χ1) is 16.2. The van der Waals surface area contributed by atoms with Gasteiger partial charge in [0.05, 0.1) is 19.6 Å². The lowest BCUT2D eigenvalue weighted by Crippen LogP contribution is -2.27. The summed E-state index contributed by atoms with van der Waals surface area (Å²) in [6.07, 6.45) is 1.42. The smallest absolute Gasteiger partial charge is 0.235 e. The highest BCUT2D eigenvalue weighted by atomic mass is 19.1. The monoisotopic (exact) mass is 468 g/mol. The Bertz CT molecular complexity index is 1220. The average molecular weight is 469 g/mol. The number of anilines is 1. The number of carbonyl (C=O) groups is 1. The maximum absolute atomic E-state index is 14.3. The number of nitrogens with two attached hydrogens (primary N) is 2. The Labute approximate surface area is 196 Å². The molecule has 1 aliphatic rings. The highest BCUT2D eigenvalue weighted by Gasteiger charge is 2.55. The van der Waals surface area contributed by atoms with Crippen LogP contribution in [0, 0.1) is 5.41 Å². The van der Waals surface area contributed by atoms with Crippen LogP contribution in [0.1, 0.15) is 18.4 Å². The summed E-state index contributed by atoms with van der Waals surface area (Å²) in [5.41, 5.74) is 6.50. The molecule has 0 aromatic heterocycles. The van der Waals surface area contributed by atoms with Crippen LogP contribution in [0.5, 0.6) is 11.5 Å². The summed E-state index contributed by atoms with van der Waals surface area (Å²) in [7, 11) is 3.06. The number of rotatable bonds is 9. The van der Waals surface area contributed by atoms with E-state index in [4.69, 9.17) is 21.1 Å². The van der Waals surface area contributed by atoms with Crippen molar-refractivity contribution in [2.24, 2.45) is 22.1 Å². The van der Waals surface area contributed by atoms with Crippen LogP contribution in [0.15, 0.2) is 78.0 Å². The summed E-state index contributed by atoms with van der Waals surface area (Å²) in [5.74, 6) is 4.03. The molecule has 34 heavy (non-hydrogen) atoms. The minimum absolute atomic E-state index is 0.0254. The highest BCUT2D eigenvalue weighted by molar-refractivity contribution is 6.06. The van der Waals surface area contributed by atoms with E-state index in [2.05, 4.69) is 23.6 Å². The lowest BCUT2D eigenvalue weighted by Gasteiger charge is -2.19. The van der Waals surface area contributed by atoms with Gasteiger partial charge in [-0.1, -0.05) is 25.3 Å². The number of amidine groups is 1. The molecule has 7 nitrogen and oxygen atoms in total. The van der Waals surface area contributed by atoms with Crippen molar-refractivity contribution in [2.45, 2.75) is 12.8 Å². The van der Waals surface area contributed by atoms with Crippen molar-refractivity contribution in [3.8, 4) is 22.6 Å². The lowest BCUT2D eigenvalue weighted by atomic mass is 9.92. The molecule has 0 unspecified atom stereocenters. The molecule has 0 radical (unpaired) electrons. The van der Waals surface area contributed by atoms with Gasteiger partial charge in [-0.25, -0.2) is 8.78 Å². The van der Waals surface area contributed by atoms with Crippen molar-refractivity contribution in [3.05, 3.63) is 78.4 Å². The Morgan fingerprint density at radius 1 is 1.15 bits per heavy atom. The summed E-state index contributed by atoms with van der Waals surface area (Å²) < 4.78 is 38.9. The van der Waals surface area contributed by atoms with E-state index >= 15 is 0 Å². The molecule has 0 spiro atoms. The molecule has 1 amide bonds. The number of nitrogens with zero attached hydrogens (tertiary/aromatic N) is 1. The van der Waals surface area contributed by atoms with Gasteiger partial charge in [0.2, 0.25) is 5.91 Å². The van der Waals surface area contributed by atoms with Crippen LogP contribution < -0.4 is 26.4 Å². The fourth-order valence-electron chi connectivity index (χ4n) is 3.85. The predicted molar refractivity (Wildman–Crippen MR) is 129 cm³/mol. The summed E-state index contributed by atoms with van der Waals surface area (Å²) >= 11 is 0. The fourth-order valence-corrected chi connectivity index (χ4v) is 3.85. The summed E-state index contributed by atoms with van der Waals surface area (Å²) in [6.45, 7) is 6.51. The Hall–Kier alpha value is -4.14. The fraction of sp³-hybridized carbons (Fsp3) is 0.200. The van der Waals surface area contributed by atoms with E-state index in [1.54, 1.807) is 30.3 Å². The number of hydrogen-bond acceptors (Lipinski definition) is 5. The molecule has 0 bridgehead atoms. The molecular weight excluding hydrogens is 442 g/mol. The Balaban J connectivity index is 2.00. The van der Waals surface area contributed by atoms with Crippen LogP contribution in [-0.2, 0) is 4.79 Å². The van der Waals surface area contributed by atoms with E-state index in [-0.39, 0.29) is 24.3 Å². The largest absolute Gasteiger partial charge is 0.493 e. The number of amides is 1. The van der Waals surface area contributed by atoms with Gasteiger partial charge in [0.25, 0.3) is 0 Å². The van der Waals surface area contributed by atoms with Crippen molar-refractivity contribution in [3.63, 3.8) is 0 Å². The molecule has 9 heteroatoms. The number of ether oxygens (including phenoxy) is 2. The van der Waals surface area contributed by atoms with Gasteiger partial charge in [-0.15, -0.1) is 0 Å². The molecule has 0 heterocycles. The first-order valence-corrected chi connectivity index (χ1v) is 10.3. The van der Waals surface area contributed by atoms with E-state index in [9.17, 15) is 13.6 Å². The van der Waals surface area contributed by atoms with Gasteiger partial charge in [0.15, 0.2) is 17.3 Å². The second-order valence-electron chi connectivity index (χ2n) is 7.71. The van der Waals surface area contributed by atoms with Gasteiger partial charge in [-0.05, 0) is 54.3 Å². The number of hydrazone groups is 1. The molecule has 1 fully saturated rings. The molecule has 5 N–H and O–H groups in total. The molecule has 3 rings (SSSR count). The standard InChI is InChI=1S/C25H26F2N4O3/c1-5-19(27)22(14(2)26)25(10-11-25)24(32)30-16-7-8-17(18(13-16)23(28)31-29)15-6-9-20(33-3)21(12-15)34-4/h5-9,12-13H,1-2,10-11,29H2,3-4H3,(H2,28,31)(H,30,32)/b22-19-. The number of methoxy groups -OCH3 is 2. The quantitative estimate of drug-likeness (QED) is 0.164. The maximum Gasteiger partial charge on any atom is 0.235 e. The van der Waals surface area contributed by atoms with E-state index in [1.165, 1.54) is 14.2 Å². The van der Waals surface area contributed by atoms with Crippen molar-refractivity contribution in [2.75, 3.05) is 19.5 Å². The topological polar surface area (TPSA) is 112 Å². The first kappa shape index (κ1) is 24.5. The molecule has 2 aromatic carbocycles. The van der Waals surface area contributed by atoms with Gasteiger partial charge < -0.3 is 26.4 Å². The molecule has 2 aromatic rings. The zero-order chi connectivity index (χ0) is 25.0. The van der Waals surface area contributed by atoms with Gasteiger partial charge >= 0.3 is 0 Å². The Morgan fingerprint density at radius 2 is 1.82 bits per heavy atom. The number of nitrogens with one attached hydrogen (secondary N) is 1. The first-order valence-electron chi connectivity index (χ1n) is 10.3. The van der Waals surface area contributed by atoms with Crippen LogP contribution in [0.3, 0.4) is 0 Å². The molecule has 1 saturated carbocycles. The normalized spacial score (nSPS) is 15.1. The van der Waals surface area contributed by atoms with Crippen molar-refractivity contribution in [1.82, 2.24) is 0 Å². The van der Waals surface area contributed by atoms with Crippen LogP contribution in [0.25, 0.3) is 11.1 Å². The van der Waals surface area contributed by atoms with Crippen LogP contribution in [0.2, 0.25) is 0 Å². The van der Waals surface area contributed by atoms with Crippen molar-refractivity contribution < 1.29 is 23.0 Å². The van der Waals surface area contributed by atoms with Crippen molar-refractivity contribution >= 4 is 17.4 Å². The van der Waals surface area contributed by atoms with E-state index in [0.717, 1.165) is 11.6 Å². The van der Waals surface area contributed by atoms with E-state index < -0.39 is 23.0 Å². The summed E-state index contributed by atoms with van der Waals surface area (Å²) in [4.78, 5) is 13.1. The number of allylic oxidation sites excluding steroid dienone is 3. The third-order valence-electron chi connectivity index (χ3n) is 5.74. The zero-order valence-corrected chi connectivity index (χ0v) is 19.0. The van der Waals surface area contributed by atoms with Crippen molar-refractivity contribution in [1.29, 1.82) is 0 Å². The molecule has 0 aliphatic heterocycles. The molecule has 0 atom stereocenters. The third-order valence-corrected chi connectivity index (χ3v) is 5.74. The van der Waals surface area contributed by atoms with Gasteiger partial charge in [-0.3, -0.25) is 4.79 Å². The molecule has 178 valence electrons. The SMILES string of the molecule is C=C/C(F)=C(\C(=C)F)C1(C(=O)Nc2ccc(-c3ccc(OC)c(OC)c3)c(/C(N)=N/N)c2)CC1. The average Bonchev–Trinajstić information content (AvgIpc) is 3.64. The van der Waals surface area contributed by atoms with Gasteiger partial charge in [-0.2, -0.15) is 5.10 Å². The number of benzene rings is 2. The number of hydrogen-bond donors (Lipinski definition) is 3. The summed E-state index contributed by atoms with van der Waals surface area (Å²) in [6, 6.07) is 10.3.